The Labute approximate surface area is 170 Å². The van der Waals surface area contributed by atoms with Crippen molar-refractivity contribution in [3.05, 3.63) is 17.0 Å². The molecular formula is C19H36IN5. The molecule has 0 bridgehead atoms. The fourth-order valence-electron chi connectivity index (χ4n) is 3.78. The summed E-state index contributed by atoms with van der Waals surface area (Å²) in [6.07, 6.45) is 10.8. The van der Waals surface area contributed by atoms with E-state index < -0.39 is 0 Å². The first kappa shape index (κ1) is 22.3. The summed E-state index contributed by atoms with van der Waals surface area (Å²) >= 11 is 0. The van der Waals surface area contributed by atoms with E-state index in [0.717, 1.165) is 37.1 Å². The topological polar surface area (TPSA) is 54.2 Å². The molecule has 0 amide bonds. The van der Waals surface area contributed by atoms with Gasteiger partial charge < -0.3 is 10.6 Å². The van der Waals surface area contributed by atoms with Crippen LogP contribution in [0.4, 0.5) is 0 Å². The summed E-state index contributed by atoms with van der Waals surface area (Å²) < 4.78 is 1.96. The number of aliphatic imine (C=N–C) groups is 1. The first-order valence-electron chi connectivity index (χ1n) is 9.55. The second-order valence-corrected chi connectivity index (χ2v) is 7.10. The highest BCUT2D eigenvalue weighted by molar-refractivity contribution is 14.0. The van der Waals surface area contributed by atoms with Crippen molar-refractivity contribution in [2.24, 2.45) is 18.0 Å². The van der Waals surface area contributed by atoms with Crippen LogP contribution in [0.2, 0.25) is 0 Å². The van der Waals surface area contributed by atoms with Gasteiger partial charge in [-0.2, -0.15) is 5.10 Å². The van der Waals surface area contributed by atoms with Gasteiger partial charge in [0.05, 0.1) is 5.69 Å². The average molecular weight is 461 g/mol. The highest BCUT2D eigenvalue weighted by atomic mass is 127. The maximum absolute atomic E-state index is 4.48. The van der Waals surface area contributed by atoms with Crippen LogP contribution in [-0.4, -0.2) is 35.9 Å². The van der Waals surface area contributed by atoms with Crippen molar-refractivity contribution in [1.82, 2.24) is 20.4 Å². The molecule has 144 valence electrons. The molecule has 5 nitrogen and oxygen atoms in total. The number of aromatic nitrogens is 2. The minimum Gasteiger partial charge on any atom is -0.356 e. The van der Waals surface area contributed by atoms with Crippen molar-refractivity contribution in [2.45, 2.75) is 65.2 Å². The number of guanidine groups is 1. The molecule has 1 aromatic heterocycles. The fourth-order valence-corrected chi connectivity index (χ4v) is 3.78. The zero-order valence-electron chi connectivity index (χ0n) is 16.4. The molecule has 1 heterocycles. The van der Waals surface area contributed by atoms with Crippen molar-refractivity contribution in [2.75, 3.05) is 20.1 Å². The lowest BCUT2D eigenvalue weighted by Gasteiger charge is -2.21. The van der Waals surface area contributed by atoms with Crippen LogP contribution in [0, 0.1) is 19.8 Å². The third-order valence-corrected chi connectivity index (χ3v) is 5.36. The van der Waals surface area contributed by atoms with Gasteiger partial charge in [0.1, 0.15) is 0 Å². The Morgan fingerprint density at radius 1 is 1.16 bits per heavy atom. The van der Waals surface area contributed by atoms with Gasteiger partial charge in [0.15, 0.2) is 5.96 Å². The van der Waals surface area contributed by atoms with Crippen molar-refractivity contribution < 1.29 is 0 Å². The van der Waals surface area contributed by atoms with Crippen LogP contribution in [0.15, 0.2) is 4.99 Å². The first-order valence-corrected chi connectivity index (χ1v) is 9.55. The molecule has 0 saturated heterocycles. The number of halogens is 1. The van der Waals surface area contributed by atoms with Crippen LogP contribution in [0.25, 0.3) is 0 Å². The van der Waals surface area contributed by atoms with Gasteiger partial charge in [-0.25, -0.2) is 0 Å². The Morgan fingerprint density at radius 2 is 1.84 bits per heavy atom. The van der Waals surface area contributed by atoms with E-state index in [-0.39, 0.29) is 24.0 Å². The minimum atomic E-state index is 0. The number of aryl methyl sites for hydroxylation is 2. The zero-order chi connectivity index (χ0) is 17.4. The van der Waals surface area contributed by atoms with E-state index in [4.69, 9.17) is 0 Å². The molecule has 0 spiro atoms. The first-order chi connectivity index (χ1) is 11.6. The average Bonchev–Trinajstić information content (AvgIpc) is 2.83. The Morgan fingerprint density at radius 3 is 2.44 bits per heavy atom. The van der Waals surface area contributed by atoms with Crippen LogP contribution >= 0.6 is 24.0 Å². The van der Waals surface area contributed by atoms with Gasteiger partial charge in [-0.1, -0.05) is 32.1 Å². The van der Waals surface area contributed by atoms with Crippen molar-refractivity contribution >= 4 is 29.9 Å². The number of hydrogen-bond donors (Lipinski definition) is 2. The Bertz CT molecular complexity index is 532. The second kappa shape index (κ2) is 11.8. The largest absolute Gasteiger partial charge is 0.356 e. The molecule has 0 atom stereocenters. The number of hydrogen-bond acceptors (Lipinski definition) is 2. The van der Waals surface area contributed by atoms with Crippen molar-refractivity contribution in [1.29, 1.82) is 0 Å². The predicted octanol–water partition coefficient (Wildman–Crippen LogP) is 3.72. The monoisotopic (exact) mass is 461 g/mol. The molecule has 0 radical (unpaired) electrons. The highest BCUT2D eigenvalue weighted by Gasteiger charge is 2.13. The van der Waals surface area contributed by atoms with E-state index in [2.05, 4.69) is 34.6 Å². The number of rotatable bonds is 7. The van der Waals surface area contributed by atoms with E-state index in [9.17, 15) is 0 Å². The molecular weight excluding hydrogens is 425 g/mol. The van der Waals surface area contributed by atoms with Gasteiger partial charge in [-0.05, 0) is 44.6 Å². The van der Waals surface area contributed by atoms with Gasteiger partial charge >= 0.3 is 0 Å². The predicted molar refractivity (Wildman–Crippen MR) is 117 cm³/mol. The molecule has 6 heteroatoms. The maximum atomic E-state index is 4.48. The lowest BCUT2D eigenvalue weighted by molar-refractivity contribution is 0.332. The van der Waals surface area contributed by atoms with Crippen LogP contribution < -0.4 is 10.6 Å². The Kier molecular flexibility index (Phi) is 10.5. The summed E-state index contributed by atoms with van der Waals surface area (Å²) in [7, 11) is 3.85. The van der Waals surface area contributed by atoms with Crippen LogP contribution in [-0.2, 0) is 13.5 Å². The van der Waals surface area contributed by atoms with Gasteiger partial charge in [0.2, 0.25) is 0 Å². The smallest absolute Gasteiger partial charge is 0.190 e. The molecule has 1 aliphatic carbocycles. The molecule has 2 N–H and O–H groups in total. The fraction of sp³-hybridized carbons (Fsp3) is 0.789. The van der Waals surface area contributed by atoms with E-state index in [1.165, 1.54) is 56.2 Å². The maximum Gasteiger partial charge on any atom is 0.190 e. The molecule has 0 unspecified atom stereocenters. The number of nitrogens with one attached hydrogen (secondary N) is 2. The molecule has 2 rings (SSSR count). The van der Waals surface area contributed by atoms with Gasteiger partial charge in [0, 0.05) is 32.9 Å². The van der Waals surface area contributed by atoms with E-state index in [1.807, 2.05) is 18.8 Å². The third-order valence-electron chi connectivity index (χ3n) is 5.36. The van der Waals surface area contributed by atoms with Crippen LogP contribution in [0.3, 0.4) is 0 Å². The summed E-state index contributed by atoms with van der Waals surface area (Å²) in [4.78, 5) is 4.33. The second-order valence-electron chi connectivity index (χ2n) is 7.10. The third kappa shape index (κ3) is 7.15. The molecule has 1 aliphatic rings. The standard InChI is InChI=1S/C19H35N5.HI/c1-15-18(16(2)24(4)23-15)12-14-22-19(20-3)21-13-8-11-17-9-6-5-7-10-17;/h17H,5-14H2,1-4H3,(H2,20,21,22);1H. The van der Waals surface area contributed by atoms with E-state index >= 15 is 0 Å². The summed E-state index contributed by atoms with van der Waals surface area (Å²) in [6, 6.07) is 0. The van der Waals surface area contributed by atoms with Gasteiger partial charge in [0.25, 0.3) is 0 Å². The van der Waals surface area contributed by atoms with E-state index in [1.54, 1.807) is 0 Å². The molecule has 1 saturated carbocycles. The van der Waals surface area contributed by atoms with E-state index in [0.29, 0.717) is 0 Å². The van der Waals surface area contributed by atoms with Crippen molar-refractivity contribution in [3.8, 4) is 0 Å². The summed E-state index contributed by atoms with van der Waals surface area (Å²) in [6.45, 7) is 6.12. The Balaban J connectivity index is 0.00000312. The molecule has 1 aromatic rings. The van der Waals surface area contributed by atoms with Crippen LogP contribution in [0.5, 0.6) is 0 Å². The Hall–Kier alpha value is -0.790. The lowest BCUT2D eigenvalue weighted by atomic mass is 9.86. The molecule has 0 aromatic carbocycles. The SMILES string of the molecule is CN=C(NCCCC1CCCCC1)NCCc1c(C)nn(C)c1C.I. The summed E-state index contributed by atoms with van der Waals surface area (Å²) in [5.41, 5.74) is 3.73. The van der Waals surface area contributed by atoms with Gasteiger partial charge in [-0.3, -0.25) is 9.67 Å². The summed E-state index contributed by atoms with van der Waals surface area (Å²) in [5.74, 6) is 1.88. The van der Waals surface area contributed by atoms with Crippen LogP contribution in [0.1, 0.15) is 61.9 Å². The highest BCUT2D eigenvalue weighted by Crippen LogP contribution is 2.26. The zero-order valence-corrected chi connectivity index (χ0v) is 18.7. The molecule has 0 aliphatic heterocycles. The molecule has 25 heavy (non-hydrogen) atoms. The van der Waals surface area contributed by atoms with Gasteiger partial charge in [-0.15, -0.1) is 24.0 Å². The lowest BCUT2D eigenvalue weighted by Crippen LogP contribution is -2.38. The minimum absolute atomic E-state index is 0. The quantitative estimate of drug-likeness (QED) is 0.282. The molecule has 1 fully saturated rings. The normalized spacial score (nSPS) is 15.8. The summed E-state index contributed by atoms with van der Waals surface area (Å²) in [5, 5.41) is 11.3. The van der Waals surface area contributed by atoms with Crippen molar-refractivity contribution in [3.63, 3.8) is 0 Å². The number of nitrogens with zero attached hydrogens (tertiary/aromatic N) is 3.